The first-order valence-corrected chi connectivity index (χ1v) is 9.69. The number of carboxylic acids is 1. The normalized spacial score (nSPS) is 13.6. The number of halogens is 1. The molecular formula is C22H28FN3O4. The van der Waals surface area contributed by atoms with Gasteiger partial charge in [-0.1, -0.05) is 26.0 Å². The summed E-state index contributed by atoms with van der Waals surface area (Å²) in [6.45, 7) is 3.97. The molecule has 0 saturated heterocycles. The van der Waals surface area contributed by atoms with Gasteiger partial charge < -0.3 is 20.2 Å². The number of carboxylic acid groups (broad SMARTS) is 1. The summed E-state index contributed by atoms with van der Waals surface area (Å²) in [5.74, 6) is -0.940. The molecule has 0 fully saturated rings. The molecule has 8 heteroatoms. The van der Waals surface area contributed by atoms with Crippen LogP contribution < -0.4 is 4.90 Å². The molecule has 1 heterocycles. The fourth-order valence-electron chi connectivity index (χ4n) is 2.96. The SMILES string of the molecule is CC(C)c1nc(N(C)C)nc(-c2ccc(F)cc2)c1/C=C/[C@@H](O)C[C@@H](O)CC(=O)O. The van der Waals surface area contributed by atoms with Gasteiger partial charge in [-0.25, -0.2) is 14.4 Å². The summed E-state index contributed by atoms with van der Waals surface area (Å²) in [6.07, 6.45) is 0.403. The first-order chi connectivity index (χ1) is 14.1. The lowest BCUT2D eigenvalue weighted by molar-refractivity contribution is -0.139. The van der Waals surface area contributed by atoms with Gasteiger partial charge >= 0.3 is 5.97 Å². The van der Waals surface area contributed by atoms with Gasteiger partial charge in [-0.05, 0) is 30.2 Å². The van der Waals surface area contributed by atoms with E-state index in [0.717, 1.165) is 5.69 Å². The van der Waals surface area contributed by atoms with Gasteiger partial charge in [0.2, 0.25) is 5.95 Å². The maximum absolute atomic E-state index is 13.4. The highest BCUT2D eigenvalue weighted by Crippen LogP contribution is 2.31. The first kappa shape index (κ1) is 23.4. The third kappa shape index (κ3) is 6.33. The largest absolute Gasteiger partial charge is 0.481 e. The van der Waals surface area contributed by atoms with Crippen molar-refractivity contribution in [2.45, 2.75) is 44.8 Å². The summed E-state index contributed by atoms with van der Waals surface area (Å²) in [4.78, 5) is 21.7. The van der Waals surface area contributed by atoms with Crippen LogP contribution in [-0.4, -0.2) is 57.6 Å². The van der Waals surface area contributed by atoms with Crippen molar-refractivity contribution in [1.29, 1.82) is 0 Å². The Morgan fingerprint density at radius 1 is 1.17 bits per heavy atom. The Labute approximate surface area is 175 Å². The average molecular weight is 417 g/mol. The van der Waals surface area contributed by atoms with Gasteiger partial charge in [0.15, 0.2) is 0 Å². The number of aliphatic hydroxyl groups excluding tert-OH is 2. The minimum atomic E-state index is -1.16. The first-order valence-electron chi connectivity index (χ1n) is 9.69. The Kier molecular flexibility index (Phi) is 8.02. The van der Waals surface area contributed by atoms with Crippen LogP contribution >= 0.6 is 0 Å². The number of hydrogen-bond acceptors (Lipinski definition) is 6. The molecule has 30 heavy (non-hydrogen) atoms. The van der Waals surface area contributed by atoms with Crippen LogP contribution in [0.5, 0.6) is 0 Å². The third-order valence-electron chi connectivity index (χ3n) is 4.44. The van der Waals surface area contributed by atoms with Gasteiger partial charge in [0.05, 0.1) is 30.0 Å². The molecule has 0 radical (unpaired) electrons. The monoisotopic (exact) mass is 417 g/mol. The quantitative estimate of drug-likeness (QED) is 0.576. The summed E-state index contributed by atoms with van der Waals surface area (Å²) in [5, 5.41) is 28.7. The predicted molar refractivity (Wildman–Crippen MR) is 114 cm³/mol. The number of anilines is 1. The molecule has 0 aliphatic heterocycles. The van der Waals surface area contributed by atoms with Crippen LogP contribution in [0.4, 0.5) is 10.3 Å². The second-order valence-electron chi connectivity index (χ2n) is 7.64. The lowest BCUT2D eigenvalue weighted by Gasteiger charge is -2.19. The number of carbonyl (C=O) groups is 1. The van der Waals surface area contributed by atoms with E-state index in [-0.39, 0.29) is 18.2 Å². The van der Waals surface area contributed by atoms with Crippen molar-refractivity contribution in [3.63, 3.8) is 0 Å². The van der Waals surface area contributed by atoms with Crippen LogP contribution in [0, 0.1) is 5.82 Å². The fourth-order valence-corrected chi connectivity index (χ4v) is 2.96. The second kappa shape index (κ2) is 10.3. The van der Waals surface area contributed by atoms with Gasteiger partial charge in [0.25, 0.3) is 0 Å². The van der Waals surface area contributed by atoms with E-state index >= 15 is 0 Å². The Balaban J connectivity index is 2.49. The van der Waals surface area contributed by atoms with E-state index in [4.69, 9.17) is 5.11 Å². The molecule has 3 N–H and O–H groups in total. The number of benzene rings is 1. The zero-order chi connectivity index (χ0) is 22.4. The summed E-state index contributed by atoms with van der Waals surface area (Å²) >= 11 is 0. The molecular weight excluding hydrogens is 389 g/mol. The average Bonchev–Trinajstić information content (AvgIpc) is 2.65. The molecule has 7 nitrogen and oxygen atoms in total. The van der Waals surface area contributed by atoms with Crippen molar-refractivity contribution in [2.75, 3.05) is 19.0 Å². The van der Waals surface area contributed by atoms with Crippen LogP contribution in [0.15, 0.2) is 30.3 Å². The van der Waals surface area contributed by atoms with E-state index in [9.17, 15) is 19.4 Å². The summed E-state index contributed by atoms with van der Waals surface area (Å²) in [5.41, 5.74) is 2.72. The van der Waals surface area contributed by atoms with Crippen molar-refractivity contribution in [3.8, 4) is 11.3 Å². The highest BCUT2D eigenvalue weighted by atomic mass is 19.1. The second-order valence-corrected chi connectivity index (χ2v) is 7.64. The maximum Gasteiger partial charge on any atom is 0.305 e. The third-order valence-corrected chi connectivity index (χ3v) is 4.44. The molecule has 0 unspecified atom stereocenters. The van der Waals surface area contributed by atoms with Crippen molar-refractivity contribution in [1.82, 2.24) is 9.97 Å². The Hall–Kier alpha value is -2.84. The minimum Gasteiger partial charge on any atom is -0.481 e. The van der Waals surface area contributed by atoms with Crippen LogP contribution in [-0.2, 0) is 4.79 Å². The molecule has 0 aliphatic rings. The summed E-state index contributed by atoms with van der Waals surface area (Å²) in [7, 11) is 3.66. The van der Waals surface area contributed by atoms with Gasteiger partial charge in [-0.3, -0.25) is 4.79 Å². The van der Waals surface area contributed by atoms with Gasteiger partial charge in [0.1, 0.15) is 5.82 Å². The van der Waals surface area contributed by atoms with Crippen molar-refractivity contribution in [2.24, 2.45) is 0 Å². The molecule has 0 amide bonds. The lowest BCUT2D eigenvalue weighted by atomic mass is 9.97. The number of rotatable bonds is 9. The Morgan fingerprint density at radius 2 is 1.80 bits per heavy atom. The van der Waals surface area contributed by atoms with E-state index in [2.05, 4.69) is 9.97 Å². The van der Waals surface area contributed by atoms with Gasteiger partial charge in [0, 0.05) is 31.6 Å². The fraction of sp³-hybridized carbons (Fsp3) is 0.409. The summed E-state index contributed by atoms with van der Waals surface area (Å²) in [6, 6.07) is 5.97. The summed E-state index contributed by atoms with van der Waals surface area (Å²) < 4.78 is 13.4. The van der Waals surface area contributed by atoms with Crippen LogP contribution in [0.1, 0.15) is 43.9 Å². The zero-order valence-corrected chi connectivity index (χ0v) is 17.6. The van der Waals surface area contributed by atoms with E-state index in [0.29, 0.717) is 22.8 Å². The number of aromatic nitrogens is 2. The molecule has 2 atom stereocenters. The molecule has 0 aliphatic carbocycles. The lowest BCUT2D eigenvalue weighted by Crippen LogP contribution is -2.19. The van der Waals surface area contributed by atoms with Crippen molar-refractivity contribution >= 4 is 18.0 Å². The van der Waals surface area contributed by atoms with Crippen LogP contribution in [0.3, 0.4) is 0 Å². The molecule has 2 rings (SSSR count). The number of nitrogens with zero attached hydrogens (tertiary/aromatic N) is 3. The van der Waals surface area contributed by atoms with E-state index < -0.39 is 24.6 Å². The number of aliphatic hydroxyl groups is 2. The van der Waals surface area contributed by atoms with Gasteiger partial charge in [-0.2, -0.15) is 0 Å². The maximum atomic E-state index is 13.4. The van der Waals surface area contributed by atoms with E-state index in [1.807, 2.05) is 27.9 Å². The Morgan fingerprint density at radius 3 is 2.33 bits per heavy atom. The molecule has 162 valence electrons. The molecule has 1 aromatic carbocycles. The van der Waals surface area contributed by atoms with E-state index in [1.54, 1.807) is 23.1 Å². The van der Waals surface area contributed by atoms with Crippen molar-refractivity contribution < 1.29 is 24.5 Å². The number of hydrogen-bond donors (Lipinski definition) is 3. The molecule has 0 spiro atoms. The van der Waals surface area contributed by atoms with Crippen LogP contribution in [0.2, 0.25) is 0 Å². The highest BCUT2D eigenvalue weighted by Gasteiger charge is 2.19. The van der Waals surface area contributed by atoms with Crippen LogP contribution in [0.25, 0.3) is 17.3 Å². The van der Waals surface area contributed by atoms with Gasteiger partial charge in [-0.15, -0.1) is 0 Å². The minimum absolute atomic E-state index is 0.0419. The van der Waals surface area contributed by atoms with Crippen molar-refractivity contribution in [3.05, 3.63) is 47.4 Å². The molecule has 0 saturated carbocycles. The smallest absolute Gasteiger partial charge is 0.305 e. The highest BCUT2D eigenvalue weighted by molar-refractivity contribution is 5.75. The molecule has 2 aromatic rings. The standard InChI is InChI=1S/C22H28FN3O4/c1-13(2)20-18(10-9-16(27)11-17(28)12-19(29)30)21(25-22(24-20)26(3)4)14-5-7-15(23)8-6-14/h5-10,13,16-17,27-28H,11-12H2,1-4H3,(H,29,30)/b10-9+/t16-,17-/m1/s1. The predicted octanol–water partition coefficient (Wildman–Crippen LogP) is 3.07. The molecule has 0 bridgehead atoms. The van der Waals surface area contributed by atoms with E-state index in [1.165, 1.54) is 18.2 Å². The Bertz CT molecular complexity index is 898. The number of aliphatic carboxylic acids is 1. The topological polar surface area (TPSA) is 107 Å². The molecule has 1 aromatic heterocycles. The zero-order valence-electron chi connectivity index (χ0n) is 17.6.